The fraction of sp³-hybridized carbons (Fsp3) is 0.692. The van der Waals surface area contributed by atoms with Crippen molar-refractivity contribution in [3.8, 4) is 0 Å². The molecule has 0 spiro atoms. The van der Waals surface area contributed by atoms with Gasteiger partial charge in [-0.2, -0.15) is 0 Å². The van der Waals surface area contributed by atoms with E-state index in [0.29, 0.717) is 5.82 Å². The SMILES string of the molecule is CC[C@@H](O[Si](C)(C)C(C)(C)C)c1ncc(F)cn1. The van der Waals surface area contributed by atoms with E-state index in [1.807, 2.05) is 6.92 Å². The average Bonchev–Trinajstić information content (AvgIpc) is 2.25. The molecule has 0 fully saturated rings. The Morgan fingerprint density at radius 1 is 1.28 bits per heavy atom. The molecule has 0 aliphatic rings. The zero-order chi connectivity index (χ0) is 14.0. The molecule has 0 unspecified atom stereocenters. The fourth-order valence-electron chi connectivity index (χ4n) is 1.34. The highest BCUT2D eigenvalue weighted by Crippen LogP contribution is 2.39. The molecule has 0 radical (unpaired) electrons. The monoisotopic (exact) mass is 270 g/mol. The van der Waals surface area contributed by atoms with E-state index in [0.717, 1.165) is 6.42 Å². The summed E-state index contributed by atoms with van der Waals surface area (Å²) in [4.78, 5) is 8.05. The third kappa shape index (κ3) is 3.59. The van der Waals surface area contributed by atoms with Gasteiger partial charge < -0.3 is 4.43 Å². The summed E-state index contributed by atoms with van der Waals surface area (Å²) in [5, 5.41) is 0.139. The molecule has 1 atom stereocenters. The van der Waals surface area contributed by atoms with Crippen LogP contribution in [0.4, 0.5) is 4.39 Å². The van der Waals surface area contributed by atoms with Crippen LogP contribution in [0.5, 0.6) is 0 Å². The van der Waals surface area contributed by atoms with Crippen molar-refractivity contribution in [1.29, 1.82) is 0 Å². The van der Waals surface area contributed by atoms with Gasteiger partial charge in [0, 0.05) is 0 Å². The van der Waals surface area contributed by atoms with Crippen molar-refractivity contribution in [2.75, 3.05) is 0 Å². The summed E-state index contributed by atoms with van der Waals surface area (Å²) in [6.45, 7) is 13.0. The summed E-state index contributed by atoms with van der Waals surface area (Å²) in [6.07, 6.45) is 3.03. The molecule has 1 heterocycles. The number of rotatable bonds is 4. The Balaban J connectivity index is 2.89. The topological polar surface area (TPSA) is 35.0 Å². The first-order valence-corrected chi connectivity index (χ1v) is 9.23. The molecular formula is C13H23FN2OSi. The minimum atomic E-state index is -1.86. The van der Waals surface area contributed by atoms with Gasteiger partial charge in [-0.3, -0.25) is 0 Å². The Kier molecular flexibility index (Phi) is 4.61. The molecule has 0 aromatic carbocycles. The molecule has 0 amide bonds. The van der Waals surface area contributed by atoms with E-state index in [2.05, 4.69) is 43.8 Å². The summed E-state index contributed by atoms with van der Waals surface area (Å²) < 4.78 is 19.1. The Bertz CT molecular complexity index is 387. The van der Waals surface area contributed by atoms with Crippen molar-refractivity contribution in [3.05, 3.63) is 24.0 Å². The van der Waals surface area contributed by atoms with Crippen LogP contribution in [0.3, 0.4) is 0 Å². The number of halogens is 1. The van der Waals surface area contributed by atoms with Gasteiger partial charge in [-0.1, -0.05) is 27.7 Å². The van der Waals surface area contributed by atoms with Crippen LogP contribution < -0.4 is 0 Å². The number of hydrogen-bond acceptors (Lipinski definition) is 3. The number of hydrogen-bond donors (Lipinski definition) is 0. The van der Waals surface area contributed by atoms with Gasteiger partial charge in [0.15, 0.2) is 20.0 Å². The normalized spacial score (nSPS) is 14.6. The van der Waals surface area contributed by atoms with Gasteiger partial charge in [0.25, 0.3) is 0 Å². The molecule has 1 rings (SSSR count). The fourth-order valence-corrected chi connectivity index (χ4v) is 2.68. The summed E-state index contributed by atoms with van der Waals surface area (Å²) in [5.41, 5.74) is 0. The molecule has 18 heavy (non-hydrogen) atoms. The van der Waals surface area contributed by atoms with Crippen LogP contribution in [0.25, 0.3) is 0 Å². The maximum Gasteiger partial charge on any atom is 0.193 e. The Morgan fingerprint density at radius 2 is 1.78 bits per heavy atom. The first-order valence-electron chi connectivity index (χ1n) is 6.32. The summed E-state index contributed by atoms with van der Waals surface area (Å²) in [7, 11) is -1.86. The molecular weight excluding hydrogens is 247 g/mol. The number of aromatic nitrogens is 2. The maximum atomic E-state index is 12.8. The van der Waals surface area contributed by atoms with Crippen LogP contribution >= 0.6 is 0 Å². The molecule has 0 saturated carbocycles. The molecule has 0 N–H and O–H groups in total. The third-order valence-electron chi connectivity index (χ3n) is 3.54. The minimum Gasteiger partial charge on any atom is -0.407 e. The van der Waals surface area contributed by atoms with Gasteiger partial charge >= 0.3 is 0 Å². The van der Waals surface area contributed by atoms with Gasteiger partial charge in [-0.15, -0.1) is 0 Å². The van der Waals surface area contributed by atoms with Crippen molar-refractivity contribution in [3.63, 3.8) is 0 Å². The van der Waals surface area contributed by atoms with E-state index in [-0.39, 0.29) is 11.1 Å². The molecule has 5 heteroatoms. The van der Waals surface area contributed by atoms with E-state index >= 15 is 0 Å². The van der Waals surface area contributed by atoms with Crippen LogP contribution in [0.1, 0.15) is 46.0 Å². The van der Waals surface area contributed by atoms with E-state index in [1.165, 1.54) is 12.4 Å². The largest absolute Gasteiger partial charge is 0.407 e. The van der Waals surface area contributed by atoms with Crippen LogP contribution in [-0.2, 0) is 4.43 Å². The Hall–Kier alpha value is -0.813. The number of nitrogens with zero attached hydrogens (tertiary/aromatic N) is 2. The Morgan fingerprint density at radius 3 is 2.17 bits per heavy atom. The van der Waals surface area contributed by atoms with Crippen molar-refractivity contribution in [1.82, 2.24) is 9.97 Å². The average molecular weight is 270 g/mol. The van der Waals surface area contributed by atoms with Crippen LogP contribution in [0.15, 0.2) is 12.4 Å². The van der Waals surface area contributed by atoms with Crippen LogP contribution in [0, 0.1) is 5.82 Å². The van der Waals surface area contributed by atoms with Gasteiger partial charge in [0.2, 0.25) is 0 Å². The van der Waals surface area contributed by atoms with Crippen molar-refractivity contribution < 1.29 is 8.82 Å². The Labute approximate surface area is 110 Å². The lowest BCUT2D eigenvalue weighted by molar-refractivity contribution is 0.169. The first-order chi connectivity index (χ1) is 8.17. The highest BCUT2D eigenvalue weighted by molar-refractivity contribution is 6.74. The van der Waals surface area contributed by atoms with Crippen molar-refractivity contribution in [2.45, 2.75) is 58.4 Å². The molecule has 1 aromatic heterocycles. The zero-order valence-corrected chi connectivity index (χ0v) is 13.1. The molecule has 0 bridgehead atoms. The van der Waals surface area contributed by atoms with Gasteiger partial charge in [0.05, 0.1) is 12.4 Å². The van der Waals surface area contributed by atoms with E-state index < -0.39 is 14.1 Å². The van der Waals surface area contributed by atoms with Gasteiger partial charge in [0.1, 0.15) is 6.10 Å². The third-order valence-corrected chi connectivity index (χ3v) is 8.03. The highest BCUT2D eigenvalue weighted by atomic mass is 28.4. The quantitative estimate of drug-likeness (QED) is 0.773. The standard InChI is InChI=1S/C13H23FN2OSi/c1-7-11(12-15-8-10(14)9-16-12)17-18(5,6)13(2,3)4/h8-9,11H,7H2,1-6H3/t11-/m1/s1. The lowest BCUT2D eigenvalue weighted by Crippen LogP contribution is -2.42. The maximum absolute atomic E-state index is 12.8. The summed E-state index contributed by atoms with van der Waals surface area (Å²) in [6, 6.07) is 0. The lowest BCUT2D eigenvalue weighted by atomic mass is 10.2. The molecule has 102 valence electrons. The molecule has 1 aromatic rings. The molecule has 0 aliphatic carbocycles. The predicted molar refractivity (Wildman–Crippen MR) is 73.3 cm³/mol. The minimum absolute atomic E-state index is 0.139. The summed E-state index contributed by atoms with van der Waals surface area (Å²) in [5.74, 6) is 0.157. The summed E-state index contributed by atoms with van der Waals surface area (Å²) >= 11 is 0. The molecule has 3 nitrogen and oxygen atoms in total. The molecule has 0 saturated heterocycles. The molecule has 0 aliphatic heterocycles. The predicted octanol–water partition coefficient (Wildman–Crippen LogP) is 4.09. The van der Waals surface area contributed by atoms with Gasteiger partial charge in [-0.25, -0.2) is 14.4 Å². The van der Waals surface area contributed by atoms with E-state index in [1.54, 1.807) is 0 Å². The second kappa shape index (κ2) is 5.44. The van der Waals surface area contributed by atoms with Gasteiger partial charge in [-0.05, 0) is 24.6 Å². The second-order valence-electron chi connectivity index (χ2n) is 6.03. The zero-order valence-electron chi connectivity index (χ0n) is 12.1. The van der Waals surface area contributed by atoms with Crippen LogP contribution in [-0.4, -0.2) is 18.3 Å². The lowest BCUT2D eigenvalue weighted by Gasteiger charge is -2.38. The highest BCUT2D eigenvalue weighted by Gasteiger charge is 2.39. The van der Waals surface area contributed by atoms with E-state index in [4.69, 9.17) is 4.43 Å². The smallest absolute Gasteiger partial charge is 0.193 e. The first kappa shape index (κ1) is 15.2. The van der Waals surface area contributed by atoms with Crippen molar-refractivity contribution >= 4 is 8.32 Å². The van der Waals surface area contributed by atoms with E-state index in [9.17, 15) is 4.39 Å². The van der Waals surface area contributed by atoms with Crippen LogP contribution in [0.2, 0.25) is 18.1 Å². The van der Waals surface area contributed by atoms with Crippen molar-refractivity contribution in [2.24, 2.45) is 0 Å². The second-order valence-corrected chi connectivity index (χ2v) is 10.8.